The van der Waals surface area contributed by atoms with E-state index in [1.165, 1.54) is 0 Å². The zero-order valence-corrected chi connectivity index (χ0v) is 22.9. The van der Waals surface area contributed by atoms with Crippen molar-refractivity contribution in [3.63, 3.8) is 0 Å². The molecular weight excluding hydrogens is 448 g/mol. The number of aryl methyl sites for hydroxylation is 2. The maximum absolute atomic E-state index is 13.3. The highest BCUT2D eigenvalue weighted by molar-refractivity contribution is 6.13. The van der Waals surface area contributed by atoms with Gasteiger partial charge in [0.25, 0.3) is 0 Å². The second-order valence-corrected chi connectivity index (χ2v) is 10.1. The number of esters is 2. The lowest BCUT2D eigenvalue weighted by molar-refractivity contribution is -0.140. The minimum Gasteiger partial charge on any atom is -0.425 e. The minimum absolute atomic E-state index is 0.132. The number of rotatable bonds is 12. The van der Waals surface area contributed by atoms with E-state index in [9.17, 15) is 9.59 Å². The molecule has 2 atom stereocenters. The first kappa shape index (κ1) is 27.7. The van der Waals surface area contributed by atoms with Gasteiger partial charge in [-0.1, -0.05) is 88.8 Å². The molecule has 0 fully saturated rings. The van der Waals surface area contributed by atoms with Gasteiger partial charge in [-0.2, -0.15) is 0 Å². The molecule has 0 N–H and O–H groups in total. The van der Waals surface area contributed by atoms with E-state index in [-0.39, 0.29) is 23.8 Å². The first-order valence-electron chi connectivity index (χ1n) is 13.7. The van der Waals surface area contributed by atoms with Crippen LogP contribution in [0.25, 0.3) is 21.5 Å². The van der Waals surface area contributed by atoms with Gasteiger partial charge in [0.15, 0.2) is 0 Å². The van der Waals surface area contributed by atoms with Gasteiger partial charge in [0.1, 0.15) is 11.5 Å². The van der Waals surface area contributed by atoms with Crippen molar-refractivity contribution >= 4 is 33.5 Å². The number of fused-ring (bicyclic) bond motifs is 2. The van der Waals surface area contributed by atoms with E-state index in [2.05, 4.69) is 13.8 Å². The van der Waals surface area contributed by atoms with Gasteiger partial charge in [-0.15, -0.1) is 0 Å². The molecule has 0 spiro atoms. The molecule has 3 aromatic carbocycles. The quantitative estimate of drug-likeness (QED) is 0.144. The topological polar surface area (TPSA) is 52.6 Å². The molecule has 0 bridgehead atoms. The van der Waals surface area contributed by atoms with Crippen molar-refractivity contribution in [1.82, 2.24) is 0 Å². The van der Waals surface area contributed by atoms with Crippen molar-refractivity contribution < 1.29 is 19.1 Å². The van der Waals surface area contributed by atoms with Gasteiger partial charge in [-0.25, -0.2) is 0 Å². The Morgan fingerprint density at radius 2 is 1.03 bits per heavy atom. The van der Waals surface area contributed by atoms with Crippen molar-refractivity contribution in [3.8, 4) is 11.5 Å². The summed E-state index contributed by atoms with van der Waals surface area (Å²) in [6.45, 7) is 12.4. The average molecular weight is 491 g/mol. The molecule has 4 heteroatoms. The van der Waals surface area contributed by atoms with E-state index in [1.807, 2.05) is 64.1 Å². The maximum atomic E-state index is 13.3. The van der Waals surface area contributed by atoms with Crippen LogP contribution in [0.5, 0.6) is 11.5 Å². The predicted octanol–water partition coefficient (Wildman–Crippen LogP) is 8.85. The van der Waals surface area contributed by atoms with Crippen LogP contribution >= 0.6 is 0 Å². The molecule has 3 rings (SSSR count). The summed E-state index contributed by atoms with van der Waals surface area (Å²) in [6, 6.07) is 12.0. The molecule has 0 aliphatic rings. The van der Waals surface area contributed by atoms with Gasteiger partial charge in [0.2, 0.25) is 0 Å². The van der Waals surface area contributed by atoms with Crippen LogP contribution in [0.1, 0.15) is 90.2 Å². The van der Waals surface area contributed by atoms with Crippen LogP contribution in [-0.4, -0.2) is 11.9 Å². The van der Waals surface area contributed by atoms with Crippen LogP contribution in [0.3, 0.4) is 0 Å². The Morgan fingerprint density at radius 3 is 1.39 bits per heavy atom. The monoisotopic (exact) mass is 490 g/mol. The standard InChI is InChI=1S/C32H42O4/c1-7-11-13-23(9-3)31(33)35-29-25-17-15-21(5)19-27(25)30(28-20-22(6)16-18-26(28)29)36-32(34)24(10-4)14-12-8-2/h15-20,23-24H,7-14H2,1-6H3. The van der Waals surface area contributed by atoms with E-state index in [0.29, 0.717) is 11.5 Å². The van der Waals surface area contributed by atoms with E-state index < -0.39 is 0 Å². The largest absolute Gasteiger partial charge is 0.425 e. The van der Waals surface area contributed by atoms with Crippen molar-refractivity contribution in [2.45, 2.75) is 92.9 Å². The average Bonchev–Trinajstić information content (AvgIpc) is 2.86. The number of unbranched alkanes of at least 4 members (excludes halogenated alkanes) is 2. The molecule has 0 aliphatic heterocycles. The van der Waals surface area contributed by atoms with Crippen LogP contribution < -0.4 is 9.47 Å². The molecule has 0 saturated carbocycles. The molecular formula is C32H42O4. The lowest BCUT2D eigenvalue weighted by atomic mass is 9.96. The van der Waals surface area contributed by atoms with E-state index in [4.69, 9.17) is 9.47 Å². The lowest BCUT2D eigenvalue weighted by Gasteiger charge is -2.20. The number of benzene rings is 3. The third-order valence-electron chi connectivity index (χ3n) is 7.20. The summed E-state index contributed by atoms with van der Waals surface area (Å²) in [5.41, 5.74) is 2.10. The minimum atomic E-state index is -0.190. The first-order chi connectivity index (χ1) is 17.3. The van der Waals surface area contributed by atoms with Crippen molar-refractivity contribution in [2.24, 2.45) is 11.8 Å². The Kier molecular flexibility index (Phi) is 9.92. The molecule has 4 nitrogen and oxygen atoms in total. The Labute approximate surface area is 216 Å². The van der Waals surface area contributed by atoms with E-state index >= 15 is 0 Å². The molecule has 0 saturated heterocycles. The molecule has 0 radical (unpaired) electrons. The van der Waals surface area contributed by atoms with Gasteiger partial charge in [-0.3, -0.25) is 9.59 Å². The summed E-state index contributed by atoms with van der Waals surface area (Å²) in [5, 5.41) is 3.19. The van der Waals surface area contributed by atoms with Crippen LogP contribution in [0.15, 0.2) is 36.4 Å². The van der Waals surface area contributed by atoms with Gasteiger partial charge in [0.05, 0.1) is 11.8 Å². The summed E-state index contributed by atoms with van der Waals surface area (Å²) in [5.74, 6) is 0.471. The van der Waals surface area contributed by atoms with Gasteiger partial charge >= 0.3 is 11.9 Å². The first-order valence-corrected chi connectivity index (χ1v) is 13.7. The van der Waals surface area contributed by atoms with Gasteiger partial charge in [0, 0.05) is 21.5 Å². The normalized spacial score (nSPS) is 13.1. The third-order valence-corrected chi connectivity index (χ3v) is 7.20. The second-order valence-electron chi connectivity index (χ2n) is 10.1. The highest BCUT2D eigenvalue weighted by atomic mass is 16.5. The van der Waals surface area contributed by atoms with Crippen LogP contribution in [0.4, 0.5) is 0 Å². The second kappa shape index (κ2) is 12.9. The van der Waals surface area contributed by atoms with Crippen LogP contribution in [0, 0.1) is 25.7 Å². The molecule has 0 amide bonds. The van der Waals surface area contributed by atoms with E-state index in [0.717, 1.165) is 84.0 Å². The van der Waals surface area contributed by atoms with Crippen molar-refractivity contribution in [3.05, 3.63) is 47.5 Å². The van der Waals surface area contributed by atoms with Crippen molar-refractivity contribution in [2.75, 3.05) is 0 Å². The third kappa shape index (κ3) is 6.27. The Bertz CT molecular complexity index is 1150. The fraction of sp³-hybridized carbons (Fsp3) is 0.500. The lowest BCUT2D eigenvalue weighted by Crippen LogP contribution is -2.21. The fourth-order valence-corrected chi connectivity index (χ4v) is 4.84. The van der Waals surface area contributed by atoms with E-state index in [1.54, 1.807) is 0 Å². The number of carbonyl (C=O) groups is 2. The molecule has 3 aromatic rings. The SMILES string of the molecule is CCCCC(CC)C(=O)Oc1c2ccc(C)cc2c(OC(=O)C(CC)CCCC)c2cc(C)ccc12. The molecule has 0 aliphatic carbocycles. The van der Waals surface area contributed by atoms with Gasteiger partial charge < -0.3 is 9.47 Å². The summed E-state index contributed by atoms with van der Waals surface area (Å²) < 4.78 is 12.4. The maximum Gasteiger partial charge on any atom is 0.314 e. The Balaban J connectivity index is 2.17. The summed E-state index contributed by atoms with van der Waals surface area (Å²) >= 11 is 0. The number of ether oxygens (including phenoxy) is 2. The number of hydrogen-bond acceptors (Lipinski definition) is 4. The smallest absolute Gasteiger partial charge is 0.314 e. The zero-order chi connectivity index (χ0) is 26.2. The Morgan fingerprint density at radius 1 is 0.639 bits per heavy atom. The fourth-order valence-electron chi connectivity index (χ4n) is 4.84. The molecule has 2 unspecified atom stereocenters. The summed E-state index contributed by atoms with van der Waals surface area (Å²) in [6.07, 6.45) is 7.24. The number of carbonyl (C=O) groups excluding carboxylic acids is 2. The molecule has 194 valence electrons. The van der Waals surface area contributed by atoms with Crippen molar-refractivity contribution in [1.29, 1.82) is 0 Å². The zero-order valence-electron chi connectivity index (χ0n) is 22.9. The number of hydrogen-bond donors (Lipinski definition) is 0. The predicted molar refractivity (Wildman–Crippen MR) is 149 cm³/mol. The highest BCUT2D eigenvalue weighted by Gasteiger charge is 2.25. The summed E-state index contributed by atoms with van der Waals surface area (Å²) in [4.78, 5) is 26.5. The molecule has 36 heavy (non-hydrogen) atoms. The molecule has 0 heterocycles. The van der Waals surface area contributed by atoms with Crippen LogP contribution in [0.2, 0.25) is 0 Å². The Hall–Kier alpha value is -2.88. The summed E-state index contributed by atoms with van der Waals surface area (Å²) in [7, 11) is 0. The highest BCUT2D eigenvalue weighted by Crippen LogP contribution is 2.44. The molecule has 0 aromatic heterocycles. The van der Waals surface area contributed by atoms with Crippen LogP contribution in [-0.2, 0) is 9.59 Å². The van der Waals surface area contributed by atoms with Gasteiger partial charge in [-0.05, 0) is 51.7 Å².